The molecular weight excluding hydrogens is 450 g/mol. The molecule has 4 aromatic rings. The van der Waals surface area contributed by atoms with Crippen LogP contribution in [0.15, 0.2) is 55.3 Å². The number of benzene rings is 2. The molecule has 1 aliphatic carbocycles. The number of hydrogen-bond donors (Lipinski definition) is 1. The maximum atomic E-state index is 12.6. The number of likely N-dealkylation sites (N-methyl/N-ethyl adjacent to an activating group) is 1. The minimum Gasteiger partial charge on any atom is -0.367 e. The number of fused-ring (bicyclic) bond motifs is 5. The van der Waals surface area contributed by atoms with Crippen molar-refractivity contribution >= 4 is 44.7 Å². The summed E-state index contributed by atoms with van der Waals surface area (Å²) >= 11 is 0. The van der Waals surface area contributed by atoms with Crippen molar-refractivity contribution in [1.82, 2.24) is 14.5 Å². The summed E-state index contributed by atoms with van der Waals surface area (Å²) in [6, 6.07) is 12.3. The number of pyridine rings is 1. The number of Topliss-reactive ketones (excluding diaryl/α,β-unsaturated/α-hetero) is 1. The summed E-state index contributed by atoms with van der Waals surface area (Å²) in [4.78, 5) is 34.2. The van der Waals surface area contributed by atoms with E-state index in [-0.39, 0.29) is 11.7 Å². The number of nitrogens with one attached hydrogen (secondary N) is 1. The molecule has 0 radical (unpaired) electrons. The number of amides is 1. The number of hydrogen-bond acceptors (Lipinski definition) is 5. The second-order valence-corrected chi connectivity index (χ2v) is 9.77. The largest absolute Gasteiger partial charge is 0.367 e. The second kappa shape index (κ2) is 8.60. The van der Waals surface area contributed by atoms with Gasteiger partial charge in [-0.05, 0) is 37.7 Å². The molecule has 1 saturated heterocycles. The van der Waals surface area contributed by atoms with Crippen molar-refractivity contribution in [3.63, 3.8) is 0 Å². The minimum absolute atomic E-state index is 0.228. The van der Waals surface area contributed by atoms with E-state index in [9.17, 15) is 9.59 Å². The maximum absolute atomic E-state index is 12.6. The predicted octanol–water partition coefficient (Wildman–Crippen LogP) is 4.40. The van der Waals surface area contributed by atoms with Crippen LogP contribution >= 0.6 is 0 Å². The van der Waals surface area contributed by atoms with Crippen molar-refractivity contribution in [2.75, 3.05) is 43.4 Å². The van der Waals surface area contributed by atoms with Gasteiger partial charge in [0.05, 0.1) is 22.6 Å². The summed E-state index contributed by atoms with van der Waals surface area (Å²) in [6.07, 6.45) is 4.56. The zero-order chi connectivity index (χ0) is 25.0. The van der Waals surface area contributed by atoms with Crippen molar-refractivity contribution in [1.29, 1.82) is 0 Å². The van der Waals surface area contributed by atoms with E-state index in [2.05, 4.69) is 57.6 Å². The summed E-state index contributed by atoms with van der Waals surface area (Å²) in [5, 5.41) is 6.13. The Balaban J connectivity index is 1.47. The van der Waals surface area contributed by atoms with Gasteiger partial charge in [0.2, 0.25) is 5.91 Å². The zero-order valence-corrected chi connectivity index (χ0v) is 20.7. The standard InChI is InChI=1S/C29H29N5O2/c1-4-27(36)31-23-15-18(6-8-24(23)34-13-11-32(2)12-14-34)22-16-21-19(17-30-22)5-7-20-28-25(9-10-26(28)35)33(3)29(20)21/h4-8,15-17H,1,9-14H2,2-3H3,(H,31,36). The number of anilines is 2. The summed E-state index contributed by atoms with van der Waals surface area (Å²) < 4.78 is 2.17. The van der Waals surface area contributed by atoms with Crippen LogP contribution in [0.1, 0.15) is 22.5 Å². The van der Waals surface area contributed by atoms with E-state index in [0.29, 0.717) is 6.42 Å². The van der Waals surface area contributed by atoms with Gasteiger partial charge in [-0.25, -0.2) is 0 Å². The van der Waals surface area contributed by atoms with Crippen LogP contribution in [0.4, 0.5) is 11.4 Å². The van der Waals surface area contributed by atoms with E-state index in [4.69, 9.17) is 4.98 Å². The van der Waals surface area contributed by atoms with Crippen molar-refractivity contribution < 1.29 is 9.59 Å². The fraction of sp³-hybridized carbons (Fsp3) is 0.276. The quantitative estimate of drug-likeness (QED) is 0.440. The average molecular weight is 480 g/mol. The highest BCUT2D eigenvalue weighted by molar-refractivity contribution is 6.18. The third-order valence-corrected chi connectivity index (χ3v) is 7.62. The molecule has 2 aromatic heterocycles. The van der Waals surface area contributed by atoms with E-state index < -0.39 is 0 Å². The summed E-state index contributed by atoms with van der Waals surface area (Å²) in [5.74, 6) is -0.00923. The number of aryl methyl sites for hydroxylation is 1. The van der Waals surface area contributed by atoms with Gasteiger partial charge >= 0.3 is 0 Å². The van der Waals surface area contributed by atoms with E-state index in [1.54, 1.807) is 0 Å². The Labute approximate surface area is 210 Å². The molecular formula is C29H29N5O2. The Hall–Kier alpha value is -3.97. The Morgan fingerprint density at radius 2 is 1.83 bits per heavy atom. The van der Waals surface area contributed by atoms with Gasteiger partial charge in [0.1, 0.15) is 0 Å². The Kier molecular flexibility index (Phi) is 5.38. The van der Waals surface area contributed by atoms with Crippen LogP contribution in [-0.2, 0) is 18.3 Å². The second-order valence-electron chi connectivity index (χ2n) is 9.77. The molecule has 182 valence electrons. The molecule has 7 heteroatoms. The molecule has 1 amide bonds. The number of carbonyl (C=O) groups excluding carboxylic acids is 2. The van der Waals surface area contributed by atoms with E-state index >= 15 is 0 Å². The molecule has 3 heterocycles. The van der Waals surface area contributed by atoms with Gasteiger partial charge in [0, 0.05) is 78.8 Å². The molecule has 1 N–H and O–H groups in total. The smallest absolute Gasteiger partial charge is 0.247 e. The lowest BCUT2D eigenvalue weighted by Gasteiger charge is -2.35. The molecule has 2 aromatic carbocycles. The van der Waals surface area contributed by atoms with Crippen LogP contribution in [0.25, 0.3) is 32.9 Å². The number of piperazine rings is 1. The number of aromatic nitrogens is 2. The highest BCUT2D eigenvalue weighted by atomic mass is 16.1. The van der Waals surface area contributed by atoms with E-state index in [1.807, 2.05) is 25.4 Å². The van der Waals surface area contributed by atoms with Crippen molar-refractivity contribution in [3.8, 4) is 11.3 Å². The van der Waals surface area contributed by atoms with Gasteiger partial charge in [0.15, 0.2) is 5.78 Å². The Morgan fingerprint density at radius 3 is 2.61 bits per heavy atom. The predicted molar refractivity (Wildman–Crippen MR) is 145 cm³/mol. The van der Waals surface area contributed by atoms with Crippen LogP contribution in [-0.4, -0.2) is 59.4 Å². The van der Waals surface area contributed by atoms with Gasteiger partial charge in [-0.15, -0.1) is 0 Å². The summed E-state index contributed by atoms with van der Waals surface area (Å²) in [5.41, 5.74) is 6.56. The number of rotatable bonds is 4. The first kappa shape index (κ1) is 22.5. The first-order chi connectivity index (χ1) is 17.4. The molecule has 0 saturated carbocycles. The third kappa shape index (κ3) is 3.58. The lowest BCUT2D eigenvalue weighted by Crippen LogP contribution is -2.44. The van der Waals surface area contributed by atoms with Gasteiger partial charge in [-0.3, -0.25) is 14.6 Å². The Morgan fingerprint density at radius 1 is 1.03 bits per heavy atom. The highest BCUT2D eigenvalue weighted by Crippen LogP contribution is 2.38. The zero-order valence-electron chi connectivity index (χ0n) is 20.7. The molecule has 0 bridgehead atoms. The topological polar surface area (TPSA) is 70.5 Å². The lowest BCUT2D eigenvalue weighted by atomic mass is 10.0. The lowest BCUT2D eigenvalue weighted by molar-refractivity contribution is -0.111. The monoisotopic (exact) mass is 479 g/mol. The molecule has 1 fully saturated rings. The molecule has 36 heavy (non-hydrogen) atoms. The molecule has 2 aliphatic rings. The summed E-state index contributed by atoms with van der Waals surface area (Å²) in [7, 11) is 4.17. The maximum Gasteiger partial charge on any atom is 0.247 e. The first-order valence-corrected chi connectivity index (χ1v) is 12.4. The molecule has 7 nitrogen and oxygen atoms in total. The van der Waals surface area contributed by atoms with Gasteiger partial charge in [-0.1, -0.05) is 24.8 Å². The van der Waals surface area contributed by atoms with Crippen molar-refractivity contribution in [2.45, 2.75) is 12.8 Å². The average Bonchev–Trinajstić information content (AvgIpc) is 3.42. The first-order valence-electron chi connectivity index (χ1n) is 12.4. The van der Waals surface area contributed by atoms with Crippen LogP contribution in [0.5, 0.6) is 0 Å². The number of carbonyl (C=O) groups is 2. The normalized spacial score (nSPS) is 16.1. The Bertz CT molecular complexity index is 1560. The fourth-order valence-corrected chi connectivity index (χ4v) is 5.64. The van der Waals surface area contributed by atoms with Crippen LogP contribution < -0.4 is 10.2 Å². The van der Waals surface area contributed by atoms with Crippen LogP contribution in [0.2, 0.25) is 0 Å². The van der Waals surface area contributed by atoms with Crippen LogP contribution in [0.3, 0.4) is 0 Å². The highest BCUT2D eigenvalue weighted by Gasteiger charge is 2.27. The minimum atomic E-state index is -0.237. The van der Waals surface area contributed by atoms with E-state index in [1.165, 1.54) is 6.08 Å². The molecule has 1 aliphatic heterocycles. The molecule has 0 unspecified atom stereocenters. The van der Waals surface area contributed by atoms with Gasteiger partial charge < -0.3 is 19.7 Å². The fourth-order valence-electron chi connectivity index (χ4n) is 5.64. The van der Waals surface area contributed by atoms with Crippen molar-refractivity contribution in [3.05, 3.63) is 66.5 Å². The van der Waals surface area contributed by atoms with Gasteiger partial charge in [-0.2, -0.15) is 0 Å². The van der Waals surface area contributed by atoms with Crippen molar-refractivity contribution in [2.24, 2.45) is 7.05 Å². The molecule has 0 spiro atoms. The molecule has 0 atom stereocenters. The van der Waals surface area contributed by atoms with Gasteiger partial charge in [0.25, 0.3) is 0 Å². The molecule has 6 rings (SSSR count). The number of nitrogens with zero attached hydrogens (tertiary/aromatic N) is 4. The van der Waals surface area contributed by atoms with E-state index in [0.717, 1.165) is 88.2 Å². The van der Waals surface area contributed by atoms with Crippen LogP contribution in [0, 0.1) is 0 Å². The summed E-state index contributed by atoms with van der Waals surface area (Å²) in [6.45, 7) is 7.36. The number of ketones is 1. The SMILES string of the molecule is C=CC(=O)Nc1cc(-c2cc3c(ccc4c5c(n(C)c43)CCC5=O)cn2)ccc1N1CCN(C)CC1. The third-order valence-electron chi connectivity index (χ3n) is 7.62.